The molecule has 0 bridgehead atoms. The Kier molecular flexibility index (Phi) is 3.73. The molecule has 0 saturated heterocycles. The van der Waals surface area contributed by atoms with Crippen molar-refractivity contribution < 1.29 is 0 Å². The molecule has 1 aromatic carbocycles. The number of hydrogen-bond acceptors (Lipinski definition) is 2. The number of nitrogens with zero attached hydrogens (tertiary/aromatic N) is 2. The first-order valence-corrected chi connectivity index (χ1v) is 6.37. The maximum atomic E-state index is 6.15. The van der Waals surface area contributed by atoms with Gasteiger partial charge >= 0.3 is 0 Å². The summed E-state index contributed by atoms with van der Waals surface area (Å²) in [7, 11) is 2.01. The Labute approximate surface area is 113 Å². The van der Waals surface area contributed by atoms with Crippen LogP contribution in [0.4, 0.5) is 0 Å². The molecule has 18 heavy (non-hydrogen) atoms. The van der Waals surface area contributed by atoms with Gasteiger partial charge in [-0.3, -0.25) is 0 Å². The fraction of sp³-hybridized carbons (Fsp3) is 0.357. The summed E-state index contributed by atoms with van der Waals surface area (Å²) in [6, 6.07) is 6.01. The largest absolute Gasteiger partial charge is 0.333 e. The first-order valence-electron chi connectivity index (χ1n) is 5.99. The van der Waals surface area contributed by atoms with Crippen molar-refractivity contribution in [1.82, 2.24) is 9.55 Å². The van der Waals surface area contributed by atoms with Crippen LogP contribution in [0.3, 0.4) is 0 Å². The topological polar surface area (TPSA) is 43.8 Å². The average Bonchev–Trinajstić information content (AvgIpc) is 2.62. The molecule has 0 fully saturated rings. The zero-order valence-electron chi connectivity index (χ0n) is 11.0. The highest BCUT2D eigenvalue weighted by Crippen LogP contribution is 2.22. The van der Waals surface area contributed by atoms with Crippen molar-refractivity contribution in [1.29, 1.82) is 0 Å². The van der Waals surface area contributed by atoms with Gasteiger partial charge in [-0.1, -0.05) is 23.7 Å². The molecule has 1 heterocycles. The van der Waals surface area contributed by atoms with Crippen LogP contribution in [0, 0.1) is 13.8 Å². The molecular formula is C14H18ClN3. The van der Waals surface area contributed by atoms with Gasteiger partial charge in [-0.05, 0) is 31.0 Å². The molecule has 2 rings (SSSR count). The van der Waals surface area contributed by atoms with E-state index in [-0.39, 0.29) is 0 Å². The third kappa shape index (κ3) is 2.28. The molecule has 96 valence electrons. The van der Waals surface area contributed by atoms with Crippen LogP contribution in [-0.2, 0) is 20.0 Å². The van der Waals surface area contributed by atoms with E-state index < -0.39 is 0 Å². The predicted octanol–water partition coefficient (Wildman–Crippen LogP) is 2.74. The van der Waals surface area contributed by atoms with Crippen LogP contribution in [0.5, 0.6) is 0 Å². The van der Waals surface area contributed by atoms with Crippen molar-refractivity contribution in [2.75, 3.05) is 0 Å². The highest BCUT2D eigenvalue weighted by Gasteiger charge is 2.12. The van der Waals surface area contributed by atoms with E-state index in [1.54, 1.807) is 0 Å². The van der Waals surface area contributed by atoms with Gasteiger partial charge in [0.25, 0.3) is 0 Å². The van der Waals surface area contributed by atoms with Crippen LogP contribution in [0.1, 0.15) is 28.3 Å². The van der Waals surface area contributed by atoms with Gasteiger partial charge in [0, 0.05) is 24.2 Å². The van der Waals surface area contributed by atoms with E-state index in [0.717, 1.165) is 28.5 Å². The number of benzene rings is 1. The summed E-state index contributed by atoms with van der Waals surface area (Å²) < 4.78 is 2.08. The van der Waals surface area contributed by atoms with E-state index in [1.165, 1.54) is 11.3 Å². The number of rotatable bonds is 3. The normalized spacial score (nSPS) is 10.9. The second kappa shape index (κ2) is 5.12. The van der Waals surface area contributed by atoms with E-state index in [0.29, 0.717) is 6.54 Å². The molecule has 0 amide bonds. The Morgan fingerprint density at radius 1 is 1.33 bits per heavy atom. The minimum absolute atomic E-state index is 0.464. The summed E-state index contributed by atoms with van der Waals surface area (Å²) in [5.41, 5.74) is 10.3. The van der Waals surface area contributed by atoms with Crippen LogP contribution in [-0.4, -0.2) is 9.55 Å². The molecule has 0 spiro atoms. The Morgan fingerprint density at radius 3 is 2.67 bits per heavy atom. The van der Waals surface area contributed by atoms with Gasteiger partial charge in [0.15, 0.2) is 0 Å². The zero-order valence-corrected chi connectivity index (χ0v) is 11.8. The lowest BCUT2D eigenvalue weighted by Crippen LogP contribution is -2.07. The molecule has 1 aromatic heterocycles. The van der Waals surface area contributed by atoms with Gasteiger partial charge in [-0.25, -0.2) is 4.98 Å². The number of imidazole rings is 1. The molecule has 0 aliphatic carbocycles. The van der Waals surface area contributed by atoms with Crippen molar-refractivity contribution in [3.05, 3.63) is 51.6 Å². The third-order valence-corrected chi connectivity index (χ3v) is 3.84. The summed E-state index contributed by atoms with van der Waals surface area (Å²) in [5, 5.41) is 0.811. The van der Waals surface area contributed by atoms with Gasteiger partial charge in [0.1, 0.15) is 5.82 Å². The first-order chi connectivity index (χ1) is 8.54. The smallest absolute Gasteiger partial charge is 0.122 e. The van der Waals surface area contributed by atoms with Crippen molar-refractivity contribution in [2.45, 2.75) is 26.8 Å². The van der Waals surface area contributed by atoms with E-state index in [4.69, 9.17) is 17.3 Å². The third-order valence-electron chi connectivity index (χ3n) is 3.43. The Bertz CT molecular complexity index is 573. The molecule has 0 aliphatic rings. The summed E-state index contributed by atoms with van der Waals surface area (Å²) >= 11 is 6.15. The fourth-order valence-electron chi connectivity index (χ4n) is 2.18. The second-order valence-corrected chi connectivity index (χ2v) is 4.93. The number of hydrogen-bond donors (Lipinski definition) is 1. The Balaban J connectivity index is 2.40. The van der Waals surface area contributed by atoms with Crippen LogP contribution in [0.2, 0.25) is 5.02 Å². The molecular weight excluding hydrogens is 246 g/mol. The summed E-state index contributed by atoms with van der Waals surface area (Å²) in [5.74, 6) is 0.919. The molecule has 0 atom stereocenters. The summed E-state index contributed by atoms with van der Waals surface area (Å²) in [6.07, 6.45) is 0.835. The van der Waals surface area contributed by atoms with Crippen molar-refractivity contribution in [2.24, 2.45) is 12.8 Å². The van der Waals surface area contributed by atoms with Crippen LogP contribution in [0.25, 0.3) is 0 Å². The predicted molar refractivity (Wildman–Crippen MR) is 74.8 cm³/mol. The van der Waals surface area contributed by atoms with E-state index in [1.807, 2.05) is 33.0 Å². The van der Waals surface area contributed by atoms with Gasteiger partial charge < -0.3 is 10.3 Å². The fourth-order valence-corrected chi connectivity index (χ4v) is 2.38. The molecule has 0 saturated carbocycles. The molecule has 0 unspecified atom stereocenters. The minimum Gasteiger partial charge on any atom is -0.333 e. The lowest BCUT2D eigenvalue weighted by atomic mass is 10.0. The Morgan fingerprint density at radius 2 is 2.06 bits per heavy atom. The number of aryl methyl sites for hydroxylation is 1. The average molecular weight is 264 g/mol. The van der Waals surface area contributed by atoms with E-state index in [2.05, 4.69) is 15.6 Å². The zero-order chi connectivity index (χ0) is 13.3. The van der Waals surface area contributed by atoms with Gasteiger partial charge in [0.05, 0.1) is 12.2 Å². The van der Waals surface area contributed by atoms with Crippen LogP contribution in [0.15, 0.2) is 18.2 Å². The maximum Gasteiger partial charge on any atom is 0.122 e. The summed E-state index contributed by atoms with van der Waals surface area (Å²) in [6.45, 7) is 4.54. The SMILES string of the molecule is Cc1nc(CN)n(C)c1Cc1cccc(Cl)c1C. The molecule has 0 aliphatic heterocycles. The lowest BCUT2D eigenvalue weighted by Gasteiger charge is -2.09. The monoisotopic (exact) mass is 263 g/mol. The quantitative estimate of drug-likeness (QED) is 0.925. The van der Waals surface area contributed by atoms with Gasteiger partial charge in [-0.2, -0.15) is 0 Å². The lowest BCUT2D eigenvalue weighted by molar-refractivity contribution is 0.759. The molecule has 4 heteroatoms. The Hall–Kier alpha value is -1.32. The first kappa shape index (κ1) is 13.1. The van der Waals surface area contributed by atoms with Crippen molar-refractivity contribution >= 4 is 11.6 Å². The summed E-state index contributed by atoms with van der Waals surface area (Å²) in [4.78, 5) is 4.48. The van der Waals surface area contributed by atoms with E-state index >= 15 is 0 Å². The van der Waals surface area contributed by atoms with Gasteiger partial charge in [0.2, 0.25) is 0 Å². The molecule has 3 nitrogen and oxygen atoms in total. The standard InChI is InChI=1S/C14H18ClN3/c1-9-11(5-4-6-12(9)15)7-13-10(2)17-14(8-16)18(13)3/h4-6H,7-8,16H2,1-3H3. The molecule has 2 N–H and O–H groups in total. The van der Waals surface area contributed by atoms with E-state index in [9.17, 15) is 0 Å². The van der Waals surface area contributed by atoms with Gasteiger partial charge in [-0.15, -0.1) is 0 Å². The van der Waals surface area contributed by atoms with Crippen molar-refractivity contribution in [3.8, 4) is 0 Å². The molecule has 2 aromatic rings. The minimum atomic E-state index is 0.464. The van der Waals surface area contributed by atoms with Crippen molar-refractivity contribution in [3.63, 3.8) is 0 Å². The van der Waals surface area contributed by atoms with Crippen LogP contribution < -0.4 is 5.73 Å². The number of halogens is 1. The molecule has 0 radical (unpaired) electrons. The number of aromatic nitrogens is 2. The highest BCUT2D eigenvalue weighted by atomic mass is 35.5. The second-order valence-electron chi connectivity index (χ2n) is 4.52. The number of nitrogens with two attached hydrogens (primary N) is 1. The highest BCUT2D eigenvalue weighted by molar-refractivity contribution is 6.31. The maximum absolute atomic E-state index is 6.15. The van der Waals surface area contributed by atoms with Crippen LogP contribution >= 0.6 is 11.6 Å².